The van der Waals surface area contributed by atoms with Crippen molar-refractivity contribution in [1.82, 2.24) is 0 Å². The van der Waals surface area contributed by atoms with Crippen molar-refractivity contribution in [3.63, 3.8) is 0 Å². The molecule has 1 heterocycles. The maximum atomic E-state index is 12.1. The summed E-state index contributed by atoms with van der Waals surface area (Å²) in [7, 11) is 1.25. The zero-order valence-corrected chi connectivity index (χ0v) is 9.80. The Morgan fingerprint density at radius 3 is 3.06 bits per heavy atom. The molecule has 2 aliphatic rings. The SMILES string of the molecule is [2H][C@]1(C(=O)OC)c2ccccc2C=C2C(=O)OC[C@@H]21. The molecule has 4 nitrogen and oxygen atoms in total. The van der Waals surface area contributed by atoms with Crippen LogP contribution in [0.25, 0.3) is 6.08 Å². The predicted octanol–water partition coefficient (Wildman–Crippen LogP) is 1.51. The van der Waals surface area contributed by atoms with E-state index in [4.69, 9.17) is 10.8 Å². The number of benzene rings is 1. The average Bonchev–Trinajstić information content (AvgIpc) is 2.80. The van der Waals surface area contributed by atoms with Crippen LogP contribution in [0.5, 0.6) is 0 Å². The van der Waals surface area contributed by atoms with Crippen molar-refractivity contribution in [2.75, 3.05) is 13.7 Å². The molecule has 1 aromatic rings. The Kier molecular flexibility index (Phi) is 2.18. The Bertz CT molecular complexity index is 607. The van der Waals surface area contributed by atoms with Gasteiger partial charge in [0.25, 0.3) is 0 Å². The molecule has 0 unspecified atom stereocenters. The van der Waals surface area contributed by atoms with Crippen LogP contribution in [0.2, 0.25) is 0 Å². The van der Waals surface area contributed by atoms with E-state index in [1.54, 1.807) is 30.3 Å². The van der Waals surface area contributed by atoms with E-state index in [0.29, 0.717) is 16.7 Å². The fraction of sp³-hybridized carbons (Fsp3) is 0.286. The minimum absolute atomic E-state index is 0.0393. The molecule has 3 rings (SSSR count). The highest BCUT2D eigenvalue weighted by Crippen LogP contribution is 2.42. The quantitative estimate of drug-likeness (QED) is 0.704. The average molecular weight is 245 g/mol. The van der Waals surface area contributed by atoms with E-state index in [1.807, 2.05) is 0 Å². The number of esters is 2. The van der Waals surface area contributed by atoms with Gasteiger partial charge in [-0.1, -0.05) is 24.3 Å². The molecule has 1 aliphatic carbocycles. The van der Waals surface area contributed by atoms with Gasteiger partial charge < -0.3 is 9.47 Å². The summed E-state index contributed by atoms with van der Waals surface area (Å²) in [5.41, 5.74) is 1.61. The molecule has 1 aromatic carbocycles. The maximum Gasteiger partial charge on any atom is 0.334 e. The number of hydrogen-bond acceptors (Lipinski definition) is 4. The molecule has 0 N–H and O–H groups in total. The summed E-state index contributed by atoms with van der Waals surface area (Å²) < 4.78 is 18.3. The third-order valence-corrected chi connectivity index (χ3v) is 3.31. The topological polar surface area (TPSA) is 52.6 Å². The van der Waals surface area contributed by atoms with Crippen LogP contribution < -0.4 is 0 Å². The van der Waals surface area contributed by atoms with Crippen LogP contribution in [0.3, 0.4) is 0 Å². The fourth-order valence-corrected chi connectivity index (χ4v) is 2.46. The summed E-state index contributed by atoms with van der Waals surface area (Å²) in [5, 5.41) is 0. The minimum Gasteiger partial charge on any atom is -0.469 e. The largest absolute Gasteiger partial charge is 0.469 e. The zero-order chi connectivity index (χ0) is 13.6. The molecule has 0 aromatic heterocycles. The lowest BCUT2D eigenvalue weighted by Crippen LogP contribution is -2.27. The van der Waals surface area contributed by atoms with E-state index in [-0.39, 0.29) is 6.61 Å². The highest BCUT2D eigenvalue weighted by Gasteiger charge is 2.44. The van der Waals surface area contributed by atoms with Gasteiger partial charge in [-0.15, -0.1) is 0 Å². The van der Waals surface area contributed by atoms with Gasteiger partial charge in [0.1, 0.15) is 0 Å². The number of hydrogen-bond donors (Lipinski definition) is 0. The van der Waals surface area contributed by atoms with E-state index in [1.165, 1.54) is 7.11 Å². The summed E-state index contributed by atoms with van der Waals surface area (Å²) in [4.78, 5) is 23.8. The summed E-state index contributed by atoms with van der Waals surface area (Å²) in [5.74, 6) is -3.36. The van der Waals surface area contributed by atoms with Crippen molar-refractivity contribution in [3.05, 3.63) is 41.0 Å². The van der Waals surface area contributed by atoms with Crippen LogP contribution in [0.4, 0.5) is 0 Å². The first-order valence-electron chi connectivity index (χ1n) is 6.15. The van der Waals surface area contributed by atoms with Gasteiger partial charge in [0.15, 0.2) is 0 Å². The van der Waals surface area contributed by atoms with Crippen LogP contribution in [0, 0.1) is 5.92 Å². The molecule has 0 amide bonds. The highest BCUT2D eigenvalue weighted by molar-refractivity contribution is 6.00. The van der Waals surface area contributed by atoms with Gasteiger partial charge in [-0.05, 0) is 17.2 Å². The van der Waals surface area contributed by atoms with Crippen molar-refractivity contribution in [1.29, 1.82) is 0 Å². The minimum atomic E-state index is -1.62. The molecular weight excluding hydrogens is 232 g/mol. The Morgan fingerprint density at radius 2 is 2.28 bits per heavy atom. The molecule has 1 aliphatic heterocycles. The van der Waals surface area contributed by atoms with Crippen LogP contribution >= 0.6 is 0 Å². The molecule has 92 valence electrons. The molecule has 0 saturated carbocycles. The molecular formula is C14H12O4. The molecule has 0 bridgehead atoms. The Balaban J connectivity index is 2.26. The van der Waals surface area contributed by atoms with Gasteiger partial charge in [-0.25, -0.2) is 4.79 Å². The number of fused-ring (bicyclic) bond motifs is 2. The Morgan fingerprint density at radius 1 is 1.50 bits per heavy atom. The third kappa shape index (κ3) is 1.45. The van der Waals surface area contributed by atoms with Crippen LogP contribution in [0.1, 0.15) is 18.4 Å². The molecule has 4 heteroatoms. The van der Waals surface area contributed by atoms with Crippen molar-refractivity contribution in [2.45, 2.75) is 5.89 Å². The first kappa shape index (κ1) is 9.88. The zero-order valence-electron chi connectivity index (χ0n) is 10.8. The van der Waals surface area contributed by atoms with Gasteiger partial charge in [-0.3, -0.25) is 4.79 Å². The van der Waals surface area contributed by atoms with Crippen molar-refractivity contribution in [3.8, 4) is 0 Å². The number of carbonyl (C=O) groups excluding carboxylic acids is 2. The molecule has 0 spiro atoms. The second-order valence-electron chi connectivity index (χ2n) is 4.24. The lowest BCUT2D eigenvalue weighted by molar-refractivity contribution is -0.144. The van der Waals surface area contributed by atoms with E-state index in [9.17, 15) is 9.59 Å². The van der Waals surface area contributed by atoms with Crippen molar-refractivity contribution < 1.29 is 20.4 Å². The highest BCUT2D eigenvalue weighted by atomic mass is 16.5. The van der Waals surface area contributed by atoms with E-state index in [2.05, 4.69) is 0 Å². The normalized spacial score (nSPS) is 29.6. The summed E-state index contributed by atoms with van der Waals surface area (Å²) in [6, 6.07) is 7.06. The number of methoxy groups -OCH3 is 1. The van der Waals surface area contributed by atoms with E-state index < -0.39 is 23.8 Å². The van der Waals surface area contributed by atoms with Gasteiger partial charge in [0.05, 0.1) is 19.6 Å². The molecule has 1 saturated heterocycles. The first-order valence-corrected chi connectivity index (χ1v) is 5.65. The van der Waals surface area contributed by atoms with Crippen LogP contribution in [-0.4, -0.2) is 25.7 Å². The molecule has 18 heavy (non-hydrogen) atoms. The second kappa shape index (κ2) is 3.98. The number of rotatable bonds is 1. The Hall–Kier alpha value is -2.10. The lowest BCUT2D eigenvalue weighted by Gasteiger charge is -2.26. The van der Waals surface area contributed by atoms with Crippen LogP contribution in [-0.2, 0) is 19.1 Å². The summed E-state index contributed by atoms with van der Waals surface area (Å²) in [6.07, 6.45) is 1.70. The summed E-state index contributed by atoms with van der Waals surface area (Å²) in [6.45, 7) is 0.0393. The molecule has 2 atom stereocenters. The first-order chi connectivity index (χ1) is 9.09. The van der Waals surface area contributed by atoms with Gasteiger partial charge in [-0.2, -0.15) is 0 Å². The maximum absolute atomic E-state index is 12.1. The Labute approximate surface area is 106 Å². The lowest BCUT2D eigenvalue weighted by atomic mass is 9.76. The van der Waals surface area contributed by atoms with Crippen molar-refractivity contribution >= 4 is 18.0 Å². The number of cyclic esters (lactones) is 1. The van der Waals surface area contributed by atoms with Crippen LogP contribution in [0.15, 0.2) is 29.8 Å². The number of ether oxygens (including phenoxy) is 2. The monoisotopic (exact) mass is 245 g/mol. The predicted molar refractivity (Wildman–Crippen MR) is 63.6 cm³/mol. The molecule has 0 radical (unpaired) electrons. The molecule has 1 fully saturated rings. The third-order valence-electron chi connectivity index (χ3n) is 3.31. The second-order valence-corrected chi connectivity index (χ2v) is 4.24. The van der Waals surface area contributed by atoms with Gasteiger partial charge in [0, 0.05) is 12.9 Å². The van der Waals surface area contributed by atoms with E-state index >= 15 is 0 Å². The smallest absolute Gasteiger partial charge is 0.334 e. The van der Waals surface area contributed by atoms with Gasteiger partial charge in [0.2, 0.25) is 0 Å². The van der Waals surface area contributed by atoms with Crippen molar-refractivity contribution in [2.24, 2.45) is 5.92 Å². The van der Waals surface area contributed by atoms with E-state index in [0.717, 1.165) is 0 Å². The number of carbonyl (C=O) groups is 2. The fourth-order valence-electron chi connectivity index (χ4n) is 2.46. The summed E-state index contributed by atoms with van der Waals surface area (Å²) >= 11 is 0. The standard InChI is InChI=1S/C14H12O4/c1-17-14(16)12-9-5-3-2-4-8(9)6-10-11(12)7-18-13(10)15/h2-6,11-12H,7H2,1H3/t11-,12-/m0/s1/i12D. The van der Waals surface area contributed by atoms with Gasteiger partial charge >= 0.3 is 11.9 Å².